The number of nitrogens with zero attached hydrogens (tertiary/aromatic N) is 5. The highest BCUT2D eigenvalue weighted by atomic mass is 16.2. The molecule has 3 amide bonds. The topological polar surface area (TPSA) is 115 Å². The van der Waals surface area contributed by atoms with Crippen LogP contribution in [0.2, 0.25) is 0 Å². The average molecular weight is 398 g/mol. The Bertz CT molecular complexity index is 834. The third kappa shape index (κ3) is 5.61. The molecule has 1 aliphatic rings. The molecule has 1 aliphatic heterocycles. The second-order valence-electron chi connectivity index (χ2n) is 6.60. The number of urea groups is 1. The fourth-order valence-electron chi connectivity index (χ4n) is 3.08. The van der Waals surface area contributed by atoms with Crippen molar-refractivity contribution in [3.8, 4) is 0 Å². The standard InChI is InChI=1S/C19H26N8O2/c1-3-21-19(29)25-18-22-7-6-14(24-18)13-26-8-10-27(11-9-26)15-4-5-16(23-12-15)17(28)20-2/h4-7,12H,3,8-11,13H2,1-2H3,(H,20,28)(H2,21,22,24,25,29). The normalized spacial score (nSPS) is 14.3. The summed E-state index contributed by atoms with van der Waals surface area (Å²) in [5.41, 5.74) is 2.28. The van der Waals surface area contributed by atoms with E-state index < -0.39 is 0 Å². The second kappa shape index (κ2) is 9.78. The predicted molar refractivity (Wildman–Crippen MR) is 110 cm³/mol. The number of pyridine rings is 1. The minimum atomic E-state index is -0.311. The van der Waals surface area contributed by atoms with Crippen LogP contribution in [0.25, 0.3) is 0 Å². The maximum Gasteiger partial charge on any atom is 0.321 e. The molecule has 2 aromatic heterocycles. The molecule has 3 heterocycles. The van der Waals surface area contributed by atoms with E-state index in [0.717, 1.165) is 37.6 Å². The smallest absolute Gasteiger partial charge is 0.321 e. The number of amides is 3. The van der Waals surface area contributed by atoms with Gasteiger partial charge in [-0.1, -0.05) is 0 Å². The molecular formula is C19H26N8O2. The first kappa shape index (κ1) is 20.5. The summed E-state index contributed by atoms with van der Waals surface area (Å²) in [4.78, 5) is 40.5. The maximum atomic E-state index is 11.6. The summed E-state index contributed by atoms with van der Waals surface area (Å²) >= 11 is 0. The van der Waals surface area contributed by atoms with Crippen LogP contribution < -0.4 is 20.9 Å². The Morgan fingerprint density at radius 2 is 1.90 bits per heavy atom. The molecule has 3 rings (SSSR count). The van der Waals surface area contributed by atoms with Crippen LogP contribution in [0.5, 0.6) is 0 Å². The molecule has 0 unspecified atom stereocenters. The van der Waals surface area contributed by atoms with Gasteiger partial charge in [0.1, 0.15) is 5.69 Å². The Hall–Kier alpha value is -3.27. The first-order chi connectivity index (χ1) is 14.1. The van der Waals surface area contributed by atoms with Crippen molar-refractivity contribution < 1.29 is 9.59 Å². The summed E-state index contributed by atoms with van der Waals surface area (Å²) in [6.07, 6.45) is 3.39. The van der Waals surface area contributed by atoms with E-state index in [9.17, 15) is 9.59 Å². The number of aromatic nitrogens is 3. The van der Waals surface area contributed by atoms with E-state index in [1.54, 1.807) is 25.5 Å². The molecule has 1 fully saturated rings. The van der Waals surface area contributed by atoms with Gasteiger partial charge in [0, 0.05) is 52.5 Å². The van der Waals surface area contributed by atoms with Crippen molar-refractivity contribution in [2.45, 2.75) is 13.5 Å². The Morgan fingerprint density at radius 1 is 1.10 bits per heavy atom. The van der Waals surface area contributed by atoms with E-state index in [1.807, 2.05) is 19.1 Å². The number of anilines is 2. The number of hydrogen-bond acceptors (Lipinski definition) is 7. The van der Waals surface area contributed by atoms with Crippen LogP contribution in [-0.2, 0) is 6.54 Å². The van der Waals surface area contributed by atoms with E-state index >= 15 is 0 Å². The molecule has 0 atom stereocenters. The third-order valence-corrected chi connectivity index (χ3v) is 4.61. The van der Waals surface area contributed by atoms with E-state index in [0.29, 0.717) is 24.7 Å². The number of carbonyl (C=O) groups is 2. The predicted octanol–water partition coefficient (Wildman–Crippen LogP) is 0.695. The molecule has 29 heavy (non-hydrogen) atoms. The largest absolute Gasteiger partial charge is 0.368 e. The molecule has 0 aromatic carbocycles. The molecule has 0 bridgehead atoms. The summed E-state index contributed by atoms with van der Waals surface area (Å²) in [7, 11) is 1.59. The number of rotatable bonds is 6. The Morgan fingerprint density at radius 3 is 2.55 bits per heavy atom. The number of nitrogens with one attached hydrogen (secondary N) is 3. The monoisotopic (exact) mass is 398 g/mol. The zero-order valence-electron chi connectivity index (χ0n) is 16.7. The van der Waals surface area contributed by atoms with Crippen LogP contribution >= 0.6 is 0 Å². The van der Waals surface area contributed by atoms with Gasteiger partial charge in [-0.05, 0) is 25.1 Å². The lowest BCUT2D eigenvalue weighted by Gasteiger charge is -2.35. The quantitative estimate of drug-likeness (QED) is 0.656. The van der Waals surface area contributed by atoms with Crippen LogP contribution in [0.15, 0.2) is 30.6 Å². The van der Waals surface area contributed by atoms with Crippen LogP contribution in [-0.4, -0.2) is 71.6 Å². The summed E-state index contributed by atoms with van der Waals surface area (Å²) in [5.74, 6) is 0.113. The van der Waals surface area contributed by atoms with Gasteiger partial charge < -0.3 is 15.5 Å². The summed E-state index contributed by atoms with van der Waals surface area (Å²) in [6.45, 7) is 6.55. The average Bonchev–Trinajstić information content (AvgIpc) is 2.74. The first-order valence-corrected chi connectivity index (χ1v) is 9.61. The third-order valence-electron chi connectivity index (χ3n) is 4.61. The van der Waals surface area contributed by atoms with Crippen LogP contribution in [0.3, 0.4) is 0 Å². The highest BCUT2D eigenvalue weighted by Crippen LogP contribution is 2.16. The molecule has 3 N–H and O–H groups in total. The van der Waals surface area contributed by atoms with E-state index in [2.05, 4.69) is 40.7 Å². The molecule has 0 radical (unpaired) electrons. The fourth-order valence-corrected chi connectivity index (χ4v) is 3.08. The van der Waals surface area contributed by atoms with Gasteiger partial charge in [-0.3, -0.25) is 15.0 Å². The van der Waals surface area contributed by atoms with Gasteiger partial charge >= 0.3 is 6.03 Å². The molecule has 10 heteroatoms. The Kier molecular flexibility index (Phi) is 6.90. The highest BCUT2D eigenvalue weighted by Gasteiger charge is 2.18. The fraction of sp³-hybridized carbons (Fsp3) is 0.421. The SMILES string of the molecule is CCNC(=O)Nc1nccc(CN2CCN(c3ccc(C(=O)NC)nc3)CC2)n1. The van der Waals surface area contributed by atoms with Crippen molar-refractivity contribution in [1.82, 2.24) is 30.5 Å². The van der Waals surface area contributed by atoms with Gasteiger partial charge in [0.25, 0.3) is 5.91 Å². The zero-order valence-corrected chi connectivity index (χ0v) is 16.7. The second-order valence-corrected chi connectivity index (χ2v) is 6.60. The lowest BCUT2D eigenvalue weighted by molar-refractivity contribution is 0.0958. The van der Waals surface area contributed by atoms with Gasteiger partial charge in [0.05, 0.1) is 17.6 Å². The van der Waals surface area contributed by atoms with Crippen LogP contribution in [0.4, 0.5) is 16.4 Å². The van der Waals surface area contributed by atoms with Crippen molar-refractivity contribution >= 4 is 23.6 Å². The van der Waals surface area contributed by atoms with Crippen molar-refractivity contribution in [3.63, 3.8) is 0 Å². The van der Waals surface area contributed by atoms with Gasteiger partial charge in [-0.15, -0.1) is 0 Å². The molecule has 10 nitrogen and oxygen atoms in total. The van der Waals surface area contributed by atoms with Crippen molar-refractivity contribution in [3.05, 3.63) is 42.0 Å². The molecule has 0 spiro atoms. The summed E-state index contributed by atoms with van der Waals surface area (Å²) < 4.78 is 0. The highest BCUT2D eigenvalue weighted by molar-refractivity contribution is 5.92. The van der Waals surface area contributed by atoms with Gasteiger partial charge in [-0.25, -0.2) is 19.7 Å². The first-order valence-electron chi connectivity index (χ1n) is 9.61. The molecule has 0 saturated carbocycles. The van der Waals surface area contributed by atoms with E-state index in [1.165, 1.54) is 0 Å². The Balaban J connectivity index is 1.52. The van der Waals surface area contributed by atoms with E-state index in [-0.39, 0.29) is 11.9 Å². The van der Waals surface area contributed by atoms with E-state index in [4.69, 9.17) is 0 Å². The van der Waals surface area contributed by atoms with Crippen LogP contribution in [0.1, 0.15) is 23.1 Å². The van der Waals surface area contributed by atoms with Gasteiger partial charge in [-0.2, -0.15) is 0 Å². The zero-order chi connectivity index (χ0) is 20.6. The molecule has 154 valence electrons. The minimum Gasteiger partial charge on any atom is -0.368 e. The molecule has 1 saturated heterocycles. The molecule has 2 aromatic rings. The minimum absolute atomic E-state index is 0.188. The van der Waals surface area contributed by atoms with Crippen molar-refractivity contribution in [1.29, 1.82) is 0 Å². The molecule has 0 aliphatic carbocycles. The summed E-state index contributed by atoms with van der Waals surface area (Å²) in [5, 5.41) is 7.86. The van der Waals surface area contributed by atoms with Gasteiger partial charge in [0.15, 0.2) is 0 Å². The number of piperazine rings is 1. The van der Waals surface area contributed by atoms with Crippen molar-refractivity contribution in [2.75, 3.05) is 50.0 Å². The molecular weight excluding hydrogens is 372 g/mol. The Labute approximate surface area is 169 Å². The van der Waals surface area contributed by atoms with Crippen LogP contribution in [0, 0.1) is 0 Å². The summed E-state index contributed by atoms with van der Waals surface area (Å²) in [6, 6.07) is 5.22. The van der Waals surface area contributed by atoms with Crippen molar-refractivity contribution in [2.24, 2.45) is 0 Å². The maximum absolute atomic E-state index is 11.6. The lowest BCUT2D eigenvalue weighted by atomic mass is 10.2. The van der Waals surface area contributed by atoms with Gasteiger partial charge in [0.2, 0.25) is 5.95 Å². The number of carbonyl (C=O) groups excluding carboxylic acids is 2. The lowest BCUT2D eigenvalue weighted by Crippen LogP contribution is -2.46. The number of hydrogen-bond donors (Lipinski definition) is 3.